The smallest absolute Gasteiger partial charge is 0.340 e. The highest BCUT2D eigenvalue weighted by Gasteiger charge is 2.17. The maximum Gasteiger partial charge on any atom is 0.340 e. The first-order valence-electron chi connectivity index (χ1n) is 8.52. The van der Waals surface area contributed by atoms with Gasteiger partial charge in [0.1, 0.15) is 0 Å². The SMILES string of the molecule is CCNC(=O)CNC(=O)COC(=O)/C(=C/c1cccc(C)c1)c1cccs1. The Bertz CT molecular complexity index is 828. The van der Waals surface area contributed by atoms with E-state index >= 15 is 0 Å². The standard InChI is InChI=1S/C20H22N2O4S/c1-3-21-18(23)12-22-19(24)13-26-20(25)16(17-8-5-9-27-17)11-15-7-4-6-14(2)10-15/h4-11H,3,12-13H2,1-2H3,(H,21,23)(H,22,24)/b16-11+. The summed E-state index contributed by atoms with van der Waals surface area (Å²) in [4.78, 5) is 36.4. The second-order valence-electron chi connectivity index (χ2n) is 5.76. The number of amides is 2. The number of hydrogen-bond acceptors (Lipinski definition) is 5. The van der Waals surface area contributed by atoms with E-state index in [-0.39, 0.29) is 12.5 Å². The van der Waals surface area contributed by atoms with E-state index in [1.54, 1.807) is 13.0 Å². The minimum Gasteiger partial charge on any atom is -0.452 e. The number of likely N-dealkylation sites (N-methyl/N-ethyl adjacent to an activating group) is 1. The van der Waals surface area contributed by atoms with Crippen molar-refractivity contribution in [2.24, 2.45) is 0 Å². The van der Waals surface area contributed by atoms with Crippen molar-refractivity contribution in [1.29, 1.82) is 0 Å². The highest BCUT2D eigenvalue weighted by Crippen LogP contribution is 2.24. The van der Waals surface area contributed by atoms with Crippen LogP contribution in [0.15, 0.2) is 41.8 Å². The highest BCUT2D eigenvalue weighted by atomic mass is 32.1. The Labute approximate surface area is 162 Å². The lowest BCUT2D eigenvalue weighted by Crippen LogP contribution is -2.38. The van der Waals surface area contributed by atoms with E-state index < -0.39 is 18.5 Å². The molecule has 2 N–H and O–H groups in total. The van der Waals surface area contributed by atoms with Crippen molar-refractivity contribution < 1.29 is 19.1 Å². The largest absolute Gasteiger partial charge is 0.452 e. The number of nitrogens with one attached hydrogen (secondary N) is 2. The van der Waals surface area contributed by atoms with Crippen molar-refractivity contribution in [3.05, 3.63) is 57.8 Å². The molecular weight excluding hydrogens is 364 g/mol. The van der Waals surface area contributed by atoms with Gasteiger partial charge in [0, 0.05) is 11.4 Å². The van der Waals surface area contributed by atoms with Crippen LogP contribution in [0.2, 0.25) is 0 Å². The maximum absolute atomic E-state index is 12.5. The van der Waals surface area contributed by atoms with Crippen molar-refractivity contribution >= 4 is 40.8 Å². The van der Waals surface area contributed by atoms with Gasteiger partial charge in [0.05, 0.1) is 12.1 Å². The van der Waals surface area contributed by atoms with E-state index in [1.807, 2.05) is 48.7 Å². The molecule has 142 valence electrons. The normalized spacial score (nSPS) is 11.0. The fourth-order valence-electron chi connectivity index (χ4n) is 2.29. The molecule has 0 aliphatic rings. The third-order valence-electron chi connectivity index (χ3n) is 3.51. The summed E-state index contributed by atoms with van der Waals surface area (Å²) in [5.41, 5.74) is 2.33. The number of carbonyl (C=O) groups is 3. The Morgan fingerprint density at radius 1 is 1.11 bits per heavy atom. The molecule has 1 heterocycles. The minimum absolute atomic E-state index is 0.152. The topological polar surface area (TPSA) is 84.5 Å². The summed E-state index contributed by atoms with van der Waals surface area (Å²) >= 11 is 1.41. The van der Waals surface area contributed by atoms with E-state index in [2.05, 4.69) is 10.6 Å². The van der Waals surface area contributed by atoms with Crippen molar-refractivity contribution in [2.75, 3.05) is 19.7 Å². The van der Waals surface area contributed by atoms with Gasteiger partial charge in [0.2, 0.25) is 5.91 Å². The fraction of sp³-hybridized carbons (Fsp3) is 0.250. The second kappa shape index (κ2) is 10.3. The van der Waals surface area contributed by atoms with Gasteiger partial charge in [-0.3, -0.25) is 9.59 Å². The molecule has 1 aromatic carbocycles. The van der Waals surface area contributed by atoms with E-state index in [0.717, 1.165) is 16.0 Å². The zero-order valence-electron chi connectivity index (χ0n) is 15.3. The number of benzene rings is 1. The van der Waals surface area contributed by atoms with Gasteiger partial charge in [-0.15, -0.1) is 11.3 Å². The summed E-state index contributed by atoms with van der Waals surface area (Å²) < 4.78 is 5.14. The first kappa shape index (κ1) is 20.4. The van der Waals surface area contributed by atoms with Gasteiger partial charge >= 0.3 is 5.97 Å². The van der Waals surface area contributed by atoms with Crippen molar-refractivity contribution in [3.63, 3.8) is 0 Å². The molecule has 6 nitrogen and oxygen atoms in total. The molecule has 0 aliphatic heterocycles. The molecule has 0 atom stereocenters. The van der Waals surface area contributed by atoms with Crippen LogP contribution in [0.3, 0.4) is 0 Å². The Hall–Kier alpha value is -2.93. The van der Waals surface area contributed by atoms with Gasteiger partial charge in [-0.1, -0.05) is 35.9 Å². The van der Waals surface area contributed by atoms with Crippen LogP contribution in [0.4, 0.5) is 0 Å². The third-order valence-corrected chi connectivity index (χ3v) is 4.42. The quantitative estimate of drug-likeness (QED) is 0.539. The predicted molar refractivity (Wildman–Crippen MR) is 106 cm³/mol. The van der Waals surface area contributed by atoms with Crippen LogP contribution in [0.1, 0.15) is 22.9 Å². The van der Waals surface area contributed by atoms with E-state index in [4.69, 9.17) is 4.74 Å². The molecule has 0 radical (unpaired) electrons. The molecule has 0 bridgehead atoms. The zero-order valence-corrected chi connectivity index (χ0v) is 16.1. The number of carbonyl (C=O) groups excluding carboxylic acids is 3. The molecule has 2 amide bonds. The van der Waals surface area contributed by atoms with Gasteiger partial charge in [0.25, 0.3) is 5.91 Å². The predicted octanol–water partition coefficient (Wildman–Crippen LogP) is 2.39. The van der Waals surface area contributed by atoms with Gasteiger partial charge in [-0.05, 0) is 36.9 Å². The molecule has 7 heteroatoms. The Morgan fingerprint density at radius 2 is 1.93 bits per heavy atom. The van der Waals surface area contributed by atoms with Gasteiger partial charge in [-0.25, -0.2) is 4.79 Å². The molecule has 2 rings (SSSR count). The number of esters is 1. The van der Waals surface area contributed by atoms with Crippen LogP contribution in [-0.2, 0) is 19.1 Å². The number of aryl methyl sites for hydroxylation is 1. The lowest BCUT2D eigenvalue weighted by atomic mass is 10.1. The monoisotopic (exact) mass is 386 g/mol. The lowest BCUT2D eigenvalue weighted by Gasteiger charge is -2.08. The van der Waals surface area contributed by atoms with Crippen LogP contribution in [0.5, 0.6) is 0 Å². The Morgan fingerprint density at radius 3 is 2.59 bits per heavy atom. The average molecular weight is 386 g/mol. The molecule has 2 aromatic rings. The Balaban J connectivity index is 2.03. The van der Waals surface area contributed by atoms with Gasteiger partial charge < -0.3 is 15.4 Å². The average Bonchev–Trinajstić information content (AvgIpc) is 3.17. The summed E-state index contributed by atoms with van der Waals surface area (Å²) in [7, 11) is 0. The Kier molecular flexibility index (Phi) is 7.76. The highest BCUT2D eigenvalue weighted by molar-refractivity contribution is 7.11. The summed E-state index contributed by atoms with van der Waals surface area (Å²) in [5, 5.41) is 6.84. The number of thiophene rings is 1. The third kappa shape index (κ3) is 6.71. The van der Waals surface area contributed by atoms with Crippen LogP contribution in [-0.4, -0.2) is 37.5 Å². The minimum atomic E-state index is -0.591. The van der Waals surface area contributed by atoms with Crippen LogP contribution in [0.25, 0.3) is 11.6 Å². The molecular formula is C20H22N2O4S. The maximum atomic E-state index is 12.5. The molecule has 0 aliphatic carbocycles. The molecule has 27 heavy (non-hydrogen) atoms. The molecule has 0 saturated carbocycles. The molecule has 1 aromatic heterocycles. The number of rotatable bonds is 8. The first-order chi connectivity index (χ1) is 13.0. The zero-order chi connectivity index (χ0) is 19.6. The van der Waals surface area contributed by atoms with Crippen molar-refractivity contribution in [2.45, 2.75) is 13.8 Å². The molecule has 0 saturated heterocycles. The first-order valence-corrected chi connectivity index (χ1v) is 9.40. The van der Waals surface area contributed by atoms with Crippen LogP contribution < -0.4 is 10.6 Å². The lowest BCUT2D eigenvalue weighted by molar-refractivity contribution is -0.143. The van der Waals surface area contributed by atoms with Crippen molar-refractivity contribution in [3.8, 4) is 0 Å². The van der Waals surface area contributed by atoms with E-state index in [0.29, 0.717) is 12.1 Å². The summed E-state index contributed by atoms with van der Waals surface area (Å²) in [6.45, 7) is 3.64. The van der Waals surface area contributed by atoms with Crippen LogP contribution >= 0.6 is 11.3 Å². The summed E-state index contributed by atoms with van der Waals surface area (Å²) in [5.74, 6) is -1.42. The summed E-state index contributed by atoms with van der Waals surface area (Å²) in [6.07, 6.45) is 1.74. The molecule has 0 spiro atoms. The molecule has 0 fully saturated rings. The van der Waals surface area contributed by atoms with Gasteiger partial charge in [-0.2, -0.15) is 0 Å². The summed E-state index contributed by atoms with van der Waals surface area (Å²) in [6, 6.07) is 11.4. The van der Waals surface area contributed by atoms with Gasteiger partial charge in [0.15, 0.2) is 6.61 Å². The fourth-order valence-corrected chi connectivity index (χ4v) is 3.02. The van der Waals surface area contributed by atoms with E-state index in [1.165, 1.54) is 11.3 Å². The number of ether oxygens (including phenoxy) is 1. The second-order valence-corrected chi connectivity index (χ2v) is 6.70. The van der Waals surface area contributed by atoms with E-state index in [9.17, 15) is 14.4 Å². The number of hydrogen-bond donors (Lipinski definition) is 2. The molecule has 0 unspecified atom stereocenters. The van der Waals surface area contributed by atoms with Crippen LogP contribution in [0, 0.1) is 6.92 Å². The van der Waals surface area contributed by atoms with Crippen molar-refractivity contribution in [1.82, 2.24) is 10.6 Å².